The SMILES string of the molecule is C=C1CCC[C@]2(C)C[C@H]3OC(=O)[C@@H](CN4CCSCC4)[C@H]3C[C@H]12. The van der Waals surface area contributed by atoms with Gasteiger partial charge in [0.1, 0.15) is 6.10 Å². The molecule has 0 amide bonds. The number of fused-ring (bicyclic) bond motifs is 2. The summed E-state index contributed by atoms with van der Waals surface area (Å²) in [6.07, 6.45) is 6.05. The Kier molecular flexibility index (Phi) is 4.25. The Morgan fingerprint density at radius 1 is 1.39 bits per heavy atom. The Bertz CT molecular complexity index is 502. The predicted octanol–water partition coefficient (Wildman–Crippen LogP) is 3.35. The van der Waals surface area contributed by atoms with Crippen molar-refractivity contribution in [3.8, 4) is 0 Å². The molecule has 3 nitrogen and oxygen atoms in total. The first-order valence-corrected chi connectivity index (χ1v) is 10.4. The van der Waals surface area contributed by atoms with Gasteiger partial charge in [0.05, 0.1) is 5.92 Å². The second-order valence-electron chi connectivity index (χ2n) is 8.32. The van der Waals surface area contributed by atoms with Crippen molar-refractivity contribution < 1.29 is 9.53 Å². The molecule has 2 saturated carbocycles. The molecule has 0 unspecified atom stereocenters. The third-order valence-electron chi connectivity index (χ3n) is 6.88. The summed E-state index contributed by atoms with van der Waals surface area (Å²) in [5.74, 6) is 3.60. The van der Waals surface area contributed by atoms with E-state index >= 15 is 0 Å². The summed E-state index contributed by atoms with van der Waals surface area (Å²) in [5, 5.41) is 0. The summed E-state index contributed by atoms with van der Waals surface area (Å²) in [6.45, 7) is 9.95. The molecule has 0 bridgehead atoms. The Morgan fingerprint density at radius 2 is 2.17 bits per heavy atom. The van der Waals surface area contributed by atoms with Gasteiger partial charge in [-0.1, -0.05) is 19.1 Å². The third kappa shape index (κ3) is 2.86. The summed E-state index contributed by atoms with van der Waals surface area (Å²) in [5.41, 5.74) is 1.75. The van der Waals surface area contributed by atoms with Gasteiger partial charge in [0.2, 0.25) is 0 Å². The number of rotatable bonds is 2. The number of hydrogen-bond donors (Lipinski definition) is 0. The van der Waals surface area contributed by atoms with Crippen molar-refractivity contribution in [2.24, 2.45) is 23.2 Å². The number of allylic oxidation sites excluding steroid dienone is 1. The van der Waals surface area contributed by atoms with Crippen LogP contribution < -0.4 is 0 Å². The normalized spacial score (nSPS) is 44.6. The summed E-state index contributed by atoms with van der Waals surface area (Å²) in [7, 11) is 0. The molecule has 2 aliphatic carbocycles. The molecule has 128 valence electrons. The van der Waals surface area contributed by atoms with Crippen molar-refractivity contribution in [2.75, 3.05) is 31.1 Å². The lowest BCUT2D eigenvalue weighted by molar-refractivity contribution is -0.146. The number of ether oxygens (including phenoxy) is 1. The van der Waals surface area contributed by atoms with Crippen LogP contribution in [-0.4, -0.2) is 48.1 Å². The maximum Gasteiger partial charge on any atom is 0.310 e. The van der Waals surface area contributed by atoms with Crippen molar-refractivity contribution in [1.82, 2.24) is 4.90 Å². The molecule has 0 aromatic heterocycles. The summed E-state index contributed by atoms with van der Waals surface area (Å²) in [4.78, 5) is 15.0. The van der Waals surface area contributed by atoms with Crippen LogP contribution in [0.5, 0.6) is 0 Å². The van der Waals surface area contributed by atoms with Crippen molar-refractivity contribution in [3.63, 3.8) is 0 Å². The van der Waals surface area contributed by atoms with Crippen LogP contribution in [0.3, 0.4) is 0 Å². The molecule has 0 spiro atoms. The molecule has 0 aromatic rings. The molecular weight excluding hydrogens is 306 g/mol. The van der Waals surface area contributed by atoms with E-state index in [0.717, 1.165) is 32.5 Å². The van der Waals surface area contributed by atoms with Gasteiger partial charge >= 0.3 is 5.97 Å². The number of carbonyl (C=O) groups is 1. The van der Waals surface area contributed by atoms with E-state index in [9.17, 15) is 4.79 Å². The van der Waals surface area contributed by atoms with Crippen molar-refractivity contribution in [2.45, 2.75) is 45.1 Å². The van der Waals surface area contributed by atoms with Gasteiger partial charge in [0.25, 0.3) is 0 Å². The van der Waals surface area contributed by atoms with Crippen LogP contribution in [0.15, 0.2) is 12.2 Å². The molecule has 5 atom stereocenters. The zero-order valence-corrected chi connectivity index (χ0v) is 15.1. The fourth-order valence-corrected chi connectivity index (χ4v) is 6.51. The molecule has 0 radical (unpaired) electrons. The highest BCUT2D eigenvalue weighted by Crippen LogP contribution is 2.56. The van der Waals surface area contributed by atoms with Crippen LogP contribution in [0.4, 0.5) is 0 Å². The second kappa shape index (κ2) is 6.11. The van der Waals surface area contributed by atoms with E-state index in [1.807, 2.05) is 11.8 Å². The van der Waals surface area contributed by atoms with Gasteiger partial charge in [-0.15, -0.1) is 0 Å². The fourth-order valence-electron chi connectivity index (χ4n) is 5.53. The number of thioether (sulfide) groups is 1. The summed E-state index contributed by atoms with van der Waals surface area (Å²) < 4.78 is 5.87. The Morgan fingerprint density at radius 3 is 2.96 bits per heavy atom. The third-order valence-corrected chi connectivity index (χ3v) is 7.82. The van der Waals surface area contributed by atoms with Crippen LogP contribution in [-0.2, 0) is 9.53 Å². The van der Waals surface area contributed by atoms with Gasteiger partial charge in [0.15, 0.2) is 0 Å². The van der Waals surface area contributed by atoms with Gasteiger partial charge in [0, 0.05) is 37.1 Å². The Balaban J connectivity index is 1.50. The standard InChI is InChI=1S/C19H29NO2S/c1-13-4-3-5-19(2)11-17-14(10-16(13)19)15(18(21)22-17)12-20-6-8-23-9-7-20/h14-17H,1,3-12H2,2H3/t14-,15+,16-,17-,19-/m1/s1. The van der Waals surface area contributed by atoms with Crippen LogP contribution in [0.25, 0.3) is 0 Å². The zero-order valence-electron chi connectivity index (χ0n) is 14.3. The molecule has 2 aliphatic heterocycles. The van der Waals surface area contributed by atoms with Gasteiger partial charge in [-0.25, -0.2) is 0 Å². The maximum atomic E-state index is 12.5. The average molecular weight is 336 g/mol. The molecule has 2 saturated heterocycles. The van der Waals surface area contributed by atoms with Gasteiger partial charge in [-0.05, 0) is 43.4 Å². The maximum absolute atomic E-state index is 12.5. The minimum Gasteiger partial charge on any atom is -0.462 e. The molecule has 2 heterocycles. The predicted molar refractivity (Wildman–Crippen MR) is 94.4 cm³/mol. The molecule has 0 aromatic carbocycles. The second-order valence-corrected chi connectivity index (χ2v) is 9.54. The fraction of sp³-hybridized carbons (Fsp3) is 0.842. The van der Waals surface area contributed by atoms with E-state index in [2.05, 4.69) is 18.4 Å². The van der Waals surface area contributed by atoms with E-state index < -0.39 is 0 Å². The van der Waals surface area contributed by atoms with Crippen LogP contribution >= 0.6 is 11.8 Å². The first kappa shape index (κ1) is 16.0. The lowest BCUT2D eigenvalue weighted by Gasteiger charge is -2.50. The van der Waals surface area contributed by atoms with E-state index in [0.29, 0.717) is 17.3 Å². The average Bonchev–Trinajstić information content (AvgIpc) is 2.81. The first-order valence-electron chi connectivity index (χ1n) is 9.25. The van der Waals surface area contributed by atoms with E-state index in [1.165, 1.54) is 36.3 Å². The summed E-state index contributed by atoms with van der Waals surface area (Å²) in [6, 6.07) is 0. The van der Waals surface area contributed by atoms with Crippen molar-refractivity contribution >= 4 is 17.7 Å². The number of hydrogen-bond acceptors (Lipinski definition) is 4. The van der Waals surface area contributed by atoms with Crippen molar-refractivity contribution in [3.05, 3.63) is 12.2 Å². The first-order chi connectivity index (χ1) is 11.1. The van der Waals surface area contributed by atoms with Gasteiger partial charge in [-0.3, -0.25) is 4.79 Å². The lowest BCUT2D eigenvalue weighted by atomic mass is 9.55. The van der Waals surface area contributed by atoms with E-state index in [-0.39, 0.29) is 18.0 Å². The highest BCUT2D eigenvalue weighted by atomic mass is 32.2. The van der Waals surface area contributed by atoms with Gasteiger partial charge in [-0.2, -0.15) is 11.8 Å². The molecule has 0 N–H and O–H groups in total. The monoisotopic (exact) mass is 335 g/mol. The largest absolute Gasteiger partial charge is 0.462 e. The van der Waals surface area contributed by atoms with Gasteiger partial charge < -0.3 is 9.64 Å². The highest BCUT2D eigenvalue weighted by Gasteiger charge is 2.55. The molecule has 4 heteroatoms. The Hall–Kier alpha value is -0.480. The van der Waals surface area contributed by atoms with E-state index in [4.69, 9.17) is 4.74 Å². The van der Waals surface area contributed by atoms with E-state index in [1.54, 1.807) is 0 Å². The molecule has 4 aliphatic rings. The van der Waals surface area contributed by atoms with Crippen molar-refractivity contribution in [1.29, 1.82) is 0 Å². The Labute approximate surface area is 144 Å². The summed E-state index contributed by atoms with van der Waals surface area (Å²) >= 11 is 2.03. The minimum absolute atomic E-state index is 0.0751. The molecule has 23 heavy (non-hydrogen) atoms. The zero-order chi connectivity index (χ0) is 16.0. The van der Waals surface area contributed by atoms with Crippen LogP contribution in [0, 0.1) is 23.2 Å². The quantitative estimate of drug-likeness (QED) is 0.572. The number of carbonyl (C=O) groups excluding carboxylic acids is 1. The smallest absolute Gasteiger partial charge is 0.310 e. The highest BCUT2D eigenvalue weighted by molar-refractivity contribution is 7.99. The molecule has 4 fully saturated rings. The van der Waals surface area contributed by atoms with Crippen LogP contribution in [0.1, 0.15) is 39.0 Å². The minimum atomic E-state index is 0.0751. The lowest BCUT2D eigenvalue weighted by Crippen LogP contribution is -2.46. The topological polar surface area (TPSA) is 29.5 Å². The molecule has 4 rings (SSSR count). The van der Waals surface area contributed by atoms with Crippen LogP contribution in [0.2, 0.25) is 0 Å². The number of nitrogens with zero attached hydrogens (tertiary/aromatic N) is 1. The molecular formula is C19H29NO2S. The number of esters is 1.